The second kappa shape index (κ2) is 7.99. The molecule has 5 nitrogen and oxygen atoms in total. The zero-order valence-corrected chi connectivity index (χ0v) is 12.4. The fourth-order valence-corrected chi connectivity index (χ4v) is 1.61. The van der Waals surface area contributed by atoms with Crippen LogP contribution in [0.3, 0.4) is 0 Å². The van der Waals surface area contributed by atoms with Gasteiger partial charge in [0.2, 0.25) is 0 Å². The molecule has 0 saturated carbocycles. The molecule has 0 unspecified atom stereocenters. The van der Waals surface area contributed by atoms with E-state index in [0.29, 0.717) is 17.7 Å². The molecule has 0 aliphatic heterocycles. The van der Waals surface area contributed by atoms with Gasteiger partial charge in [-0.25, -0.2) is 4.79 Å². The molecule has 0 aromatic heterocycles. The van der Waals surface area contributed by atoms with Crippen molar-refractivity contribution in [2.45, 2.75) is 33.3 Å². The van der Waals surface area contributed by atoms with E-state index in [9.17, 15) is 14.4 Å². The maximum atomic E-state index is 12.0. The molecule has 0 bridgehead atoms. The van der Waals surface area contributed by atoms with Crippen LogP contribution in [0, 0.1) is 0 Å². The van der Waals surface area contributed by atoms with Gasteiger partial charge in [-0.3, -0.25) is 9.59 Å². The monoisotopic (exact) mass is 289 g/mol. The molecular weight excluding hydrogens is 270 g/mol. The Morgan fingerprint density at radius 2 is 1.95 bits per heavy atom. The topological polar surface area (TPSA) is 72.5 Å². The van der Waals surface area contributed by atoms with Crippen LogP contribution in [0.1, 0.15) is 37.6 Å². The van der Waals surface area contributed by atoms with E-state index in [1.54, 1.807) is 30.3 Å². The van der Waals surface area contributed by atoms with E-state index < -0.39 is 18.0 Å². The van der Waals surface area contributed by atoms with Gasteiger partial charge in [-0.1, -0.05) is 25.1 Å². The molecule has 1 aromatic rings. The third kappa shape index (κ3) is 5.22. The van der Waals surface area contributed by atoms with Crippen molar-refractivity contribution in [3.8, 4) is 0 Å². The number of ether oxygens (including phenoxy) is 1. The van der Waals surface area contributed by atoms with Crippen molar-refractivity contribution in [2.75, 3.05) is 5.32 Å². The first-order valence-electron chi connectivity index (χ1n) is 6.73. The van der Waals surface area contributed by atoms with Crippen LogP contribution < -0.4 is 5.32 Å². The summed E-state index contributed by atoms with van der Waals surface area (Å²) in [5.41, 5.74) is 0.817. The van der Waals surface area contributed by atoms with Gasteiger partial charge in [-0.05, 0) is 32.4 Å². The minimum absolute atomic E-state index is 0.151. The molecule has 0 fully saturated rings. The van der Waals surface area contributed by atoms with Crippen molar-refractivity contribution in [1.82, 2.24) is 0 Å². The van der Waals surface area contributed by atoms with Crippen LogP contribution in [0.4, 0.5) is 5.69 Å². The fourth-order valence-electron chi connectivity index (χ4n) is 1.61. The summed E-state index contributed by atoms with van der Waals surface area (Å²) in [5.74, 6) is -1.21. The number of allylic oxidation sites excluding steroid dienone is 1. The van der Waals surface area contributed by atoms with E-state index in [2.05, 4.69) is 5.32 Å². The van der Waals surface area contributed by atoms with Crippen LogP contribution in [-0.4, -0.2) is 23.8 Å². The highest BCUT2D eigenvalue weighted by atomic mass is 16.5. The Bertz CT molecular complexity index is 563. The molecule has 0 aliphatic carbocycles. The van der Waals surface area contributed by atoms with E-state index in [4.69, 9.17) is 4.74 Å². The minimum atomic E-state index is -0.945. The number of hydrogen-bond donors (Lipinski definition) is 1. The molecule has 1 N–H and O–H groups in total. The van der Waals surface area contributed by atoms with Gasteiger partial charge >= 0.3 is 5.97 Å². The number of benzene rings is 1. The Morgan fingerprint density at radius 1 is 1.29 bits per heavy atom. The molecule has 1 amide bonds. The number of para-hydroxylation sites is 1. The van der Waals surface area contributed by atoms with Crippen molar-refractivity contribution in [2.24, 2.45) is 0 Å². The number of hydrogen-bond acceptors (Lipinski definition) is 4. The van der Waals surface area contributed by atoms with Crippen LogP contribution in [0.2, 0.25) is 0 Å². The zero-order chi connectivity index (χ0) is 15.8. The number of rotatable bonds is 6. The number of Topliss-reactive ketones (excluding diaryl/α,β-unsaturated/α-hetero) is 1. The number of esters is 1. The van der Waals surface area contributed by atoms with Crippen molar-refractivity contribution in [3.05, 3.63) is 42.0 Å². The lowest BCUT2D eigenvalue weighted by Gasteiger charge is -2.14. The van der Waals surface area contributed by atoms with Crippen LogP contribution in [0.15, 0.2) is 36.4 Å². The molecule has 0 spiro atoms. The maximum Gasteiger partial charge on any atom is 0.331 e. The number of ketones is 1. The molecule has 21 heavy (non-hydrogen) atoms. The Morgan fingerprint density at radius 3 is 2.57 bits per heavy atom. The van der Waals surface area contributed by atoms with Crippen molar-refractivity contribution < 1.29 is 19.1 Å². The normalized spacial score (nSPS) is 12.0. The first kappa shape index (κ1) is 16.6. The number of carbonyl (C=O) groups excluding carboxylic acids is 3. The SMILES string of the molecule is CC/C=C/C(=O)O[C@H](C)C(=O)Nc1ccccc1C(C)=O. The quantitative estimate of drug-likeness (QED) is 0.496. The summed E-state index contributed by atoms with van der Waals surface area (Å²) in [7, 11) is 0. The number of nitrogens with one attached hydrogen (secondary N) is 1. The number of anilines is 1. The van der Waals surface area contributed by atoms with Gasteiger partial charge in [0.25, 0.3) is 5.91 Å². The lowest BCUT2D eigenvalue weighted by molar-refractivity contribution is -0.148. The molecule has 112 valence electrons. The predicted octanol–water partition coefficient (Wildman–Crippen LogP) is 2.73. The molecular formula is C16H19NO4. The van der Waals surface area contributed by atoms with Gasteiger partial charge in [0.1, 0.15) is 0 Å². The summed E-state index contributed by atoms with van der Waals surface area (Å²) in [5, 5.41) is 2.59. The summed E-state index contributed by atoms with van der Waals surface area (Å²) in [6.07, 6.45) is 2.70. The second-order valence-electron chi connectivity index (χ2n) is 4.48. The predicted molar refractivity (Wildman–Crippen MR) is 80.1 cm³/mol. The molecule has 0 saturated heterocycles. The molecule has 0 aliphatic rings. The highest BCUT2D eigenvalue weighted by Crippen LogP contribution is 2.16. The van der Waals surface area contributed by atoms with Gasteiger partial charge in [-0.2, -0.15) is 0 Å². The first-order chi connectivity index (χ1) is 9.95. The Balaban J connectivity index is 2.71. The van der Waals surface area contributed by atoms with Crippen LogP contribution in [0.5, 0.6) is 0 Å². The van der Waals surface area contributed by atoms with Gasteiger partial charge in [-0.15, -0.1) is 0 Å². The standard InChI is InChI=1S/C16H19NO4/c1-4-5-10-15(19)21-12(3)16(20)17-14-9-7-6-8-13(14)11(2)18/h5-10,12H,4H2,1-3H3,(H,17,20)/b10-5+/t12-/m1/s1. The Kier molecular flexibility index (Phi) is 6.33. The minimum Gasteiger partial charge on any atom is -0.449 e. The summed E-state index contributed by atoms with van der Waals surface area (Å²) in [6.45, 7) is 4.78. The largest absolute Gasteiger partial charge is 0.449 e. The third-order valence-corrected chi connectivity index (χ3v) is 2.72. The van der Waals surface area contributed by atoms with Crippen molar-refractivity contribution in [3.63, 3.8) is 0 Å². The highest BCUT2D eigenvalue weighted by molar-refractivity contribution is 6.04. The Hall–Kier alpha value is -2.43. The molecule has 1 aromatic carbocycles. The van der Waals surface area contributed by atoms with Crippen LogP contribution >= 0.6 is 0 Å². The summed E-state index contributed by atoms with van der Waals surface area (Å²) in [6, 6.07) is 6.67. The molecule has 0 heterocycles. The fraction of sp³-hybridized carbons (Fsp3) is 0.312. The lowest BCUT2D eigenvalue weighted by atomic mass is 10.1. The highest BCUT2D eigenvalue weighted by Gasteiger charge is 2.18. The first-order valence-corrected chi connectivity index (χ1v) is 6.73. The number of amides is 1. The average molecular weight is 289 g/mol. The van der Waals surface area contributed by atoms with Gasteiger partial charge in [0.05, 0.1) is 5.69 Å². The summed E-state index contributed by atoms with van der Waals surface area (Å²) < 4.78 is 4.96. The lowest BCUT2D eigenvalue weighted by Crippen LogP contribution is -2.30. The molecule has 1 atom stereocenters. The van der Waals surface area contributed by atoms with Crippen molar-refractivity contribution >= 4 is 23.3 Å². The van der Waals surface area contributed by atoms with E-state index in [1.807, 2.05) is 6.92 Å². The van der Waals surface area contributed by atoms with E-state index in [-0.39, 0.29) is 5.78 Å². The zero-order valence-electron chi connectivity index (χ0n) is 12.4. The molecule has 5 heteroatoms. The summed E-state index contributed by atoms with van der Waals surface area (Å²) >= 11 is 0. The maximum absolute atomic E-state index is 12.0. The van der Waals surface area contributed by atoms with E-state index in [0.717, 1.165) is 0 Å². The number of carbonyl (C=O) groups is 3. The smallest absolute Gasteiger partial charge is 0.331 e. The average Bonchev–Trinajstić information content (AvgIpc) is 2.45. The van der Waals surface area contributed by atoms with Crippen LogP contribution in [0.25, 0.3) is 0 Å². The molecule has 1 rings (SSSR count). The van der Waals surface area contributed by atoms with E-state index in [1.165, 1.54) is 19.9 Å². The summed E-state index contributed by atoms with van der Waals surface area (Å²) in [4.78, 5) is 34.8. The Labute approximate surface area is 124 Å². The van der Waals surface area contributed by atoms with E-state index >= 15 is 0 Å². The van der Waals surface area contributed by atoms with Gasteiger partial charge in [0.15, 0.2) is 11.9 Å². The van der Waals surface area contributed by atoms with Gasteiger partial charge < -0.3 is 10.1 Å². The van der Waals surface area contributed by atoms with Gasteiger partial charge in [0, 0.05) is 11.6 Å². The third-order valence-electron chi connectivity index (χ3n) is 2.72. The van der Waals surface area contributed by atoms with Crippen molar-refractivity contribution in [1.29, 1.82) is 0 Å². The molecule has 0 radical (unpaired) electrons. The van der Waals surface area contributed by atoms with Crippen LogP contribution in [-0.2, 0) is 14.3 Å². The second-order valence-corrected chi connectivity index (χ2v) is 4.48.